The monoisotopic (exact) mass is 420 g/mol. The normalized spacial score (nSPS) is 15.0. The van der Waals surface area contributed by atoms with Crippen LogP contribution in [0.5, 0.6) is 11.5 Å². The molecule has 6 heteroatoms. The van der Waals surface area contributed by atoms with Crippen molar-refractivity contribution in [2.45, 2.75) is 6.92 Å². The van der Waals surface area contributed by atoms with E-state index in [1.165, 1.54) is 6.07 Å². The molecule has 0 N–H and O–H groups in total. The number of hydrogen-bond donors (Lipinski definition) is 0. The Bertz CT molecular complexity index is 1110. The molecule has 0 saturated carbocycles. The van der Waals surface area contributed by atoms with E-state index in [9.17, 15) is 4.79 Å². The first kappa shape index (κ1) is 21.0. The summed E-state index contributed by atoms with van der Waals surface area (Å²) >= 11 is 0. The second-order valence-electron chi connectivity index (χ2n) is 7.65. The summed E-state index contributed by atoms with van der Waals surface area (Å²) in [6.45, 7) is 7.24. The van der Waals surface area contributed by atoms with Gasteiger partial charge >= 0.3 is 5.63 Å². The van der Waals surface area contributed by atoms with Crippen molar-refractivity contribution in [3.8, 4) is 11.5 Å². The summed E-state index contributed by atoms with van der Waals surface area (Å²) in [5, 5.41) is 0.926. The lowest BCUT2D eigenvalue weighted by Gasteiger charge is -2.36. The third-order valence-corrected chi connectivity index (χ3v) is 5.60. The first-order valence-corrected chi connectivity index (χ1v) is 10.6. The largest absolute Gasteiger partial charge is 0.495 e. The van der Waals surface area contributed by atoms with Gasteiger partial charge < -0.3 is 18.8 Å². The van der Waals surface area contributed by atoms with E-state index in [4.69, 9.17) is 13.9 Å². The number of hydrogen-bond acceptors (Lipinski definition) is 6. The number of rotatable bonds is 7. The average molecular weight is 421 g/mol. The van der Waals surface area contributed by atoms with Crippen LogP contribution in [0.4, 0.5) is 5.69 Å². The van der Waals surface area contributed by atoms with Gasteiger partial charge in [0.2, 0.25) is 0 Å². The highest BCUT2D eigenvalue weighted by molar-refractivity contribution is 5.81. The molecule has 4 rings (SSSR count). The molecule has 162 valence electrons. The fourth-order valence-electron chi connectivity index (χ4n) is 3.89. The number of nitrogens with zero attached hydrogens (tertiary/aromatic N) is 2. The first-order valence-electron chi connectivity index (χ1n) is 10.6. The predicted octanol–water partition coefficient (Wildman–Crippen LogP) is 3.87. The molecule has 2 heterocycles. The van der Waals surface area contributed by atoms with E-state index in [1.807, 2.05) is 37.3 Å². The third kappa shape index (κ3) is 5.09. The molecule has 0 bridgehead atoms. The zero-order valence-corrected chi connectivity index (χ0v) is 18.0. The van der Waals surface area contributed by atoms with Crippen molar-refractivity contribution in [2.24, 2.45) is 0 Å². The zero-order valence-electron chi connectivity index (χ0n) is 18.0. The van der Waals surface area contributed by atoms with Gasteiger partial charge in [0.15, 0.2) is 0 Å². The molecule has 31 heavy (non-hydrogen) atoms. The van der Waals surface area contributed by atoms with Crippen LogP contribution in [0.25, 0.3) is 11.0 Å². The van der Waals surface area contributed by atoms with Gasteiger partial charge in [-0.2, -0.15) is 0 Å². The molecule has 0 atom stereocenters. The highest BCUT2D eigenvalue weighted by atomic mass is 16.5. The minimum atomic E-state index is -0.340. The zero-order chi connectivity index (χ0) is 21.6. The second kappa shape index (κ2) is 9.71. The maximum Gasteiger partial charge on any atom is 0.336 e. The fraction of sp³-hybridized carbons (Fsp3) is 0.320. The van der Waals surface area contributed by atoms with Crippen LogP contribution in [-0.2, 0) is 0 Å². The number of piperazine rings is 1. The molecule has 1 aromatic heterocycles. The van der Waals surface area contributed by atoms with E-state index in [0.29, 0.717) is 17.9 Å². The molecule has 3 aromatic rings. The molecule has 0 radical (unpaired) electrons. The van der Waals surface area contributed by atoms with Crippen LogP contribution in [0.2, 0.25) is 0 Å². The fourth-order valence-corrected chi connectivity index (χ4v) is 3.89. The molecular formula is C25H28N2O4. The SMILES string of the molecule is COc1ccccc1N1CCN(C/C=C/COc2ccc3c(C)cc(=O)oc3c2)CC1. The van der Waals surface area contributed by atoms with Crippen LogP contribution in [0.1, 0.15) is 5.56 Å². The number of fused-ring (bicyclic) bond motifs is 1. The number of para-hydroxylation sites is 2. The summed E-state index contributed by atoms with van der Waals surface area (Å²) in [5.41, 5.74) is 2.28. The summed E-state index contributed by atoms with van der Waals surface area (Å²) in [7, 11) is 1.72. The van der Waals surface area contributed by atoms with Crippen LogP contribution >= 0.6 is 0 Å². The van der Waals surface area contributed by atoms with Gasteiger partial charge in [0.1, 0.15) is 23.7 Å². The van der Waals surface area contributed by atoms with E-state index in [-0.39, 0.29) is 5.63 Å². The van der Waals surface area contributed by atoms with Crippen molar-refractivity contribution < 1.29 is 13.9 Å². The van der Waals surface area contributed by atoms with Gasteiger partial charge in [-0.1, -0.05) is 24.3 Å². The summed E-state index contributed by atoms with van der Waals surface area (Å²) < 4.78 is 16.6. The van der Waals surface area contributed by atoms with E-state index < -0.39 is 0 Å². The van der Waals surface area contributed by atoms with Crippen molar-refractivity contribution in [2.75, 3.05) is 51.3 Å². The molecule has 0 amide bonds. The molecule has 1 aliphatic rings. The van der Waals surface area contributed by atoms with Gasteiger partial charge in [-0.15, -0.1) is 0 Å². The number of ether oxygens (including phenoxy) is 2. The summed E-state index contributed by atoms with van der Waals surface area (Å²) in [6, 6.07) is 15.3. The molecule has 0 unspecified atom stereocenters. The van der Waals surface area contributed by atoms with Gasteiger partial charge in [0.25, 0.3) is 0 Å². The molecular weight excluding hydrogens is 392 g/mol. The minimum absolute atomic E-state index is 0.340. The molecule has 1 aliphatic heterocycles. The standard InChI is InChI=1S/C25H28N2O4/c1-19-17-25(28)31-24-18-20(9-10-21(19)24)30-16-6-5-11-26-12-14-27(15-13-26)22-7-3-4-8-23(22)29-2/h3-10,17-18H,11-16H2,1-2H3/b6-5+. The Morgan fingerprint density at radius 1 is 1.03 bits per heavy atom. The number of benzene rings is 2. The lowest BCUT2D eigenvalue weighted by Crippen LogP contribution is -2.46. The Morgan fingerprint density at radius 2 is 1.84 bits per heavy atom. The van der Waals surface area contributed by atoms with E-state index in [1.54, 1.807) is 13.2 Å². The Balaban J connectivity index is 1.24. The quantitative estimate of drug-likeness (QED) is 0.427. The maximum atomic E-state index is 11.6. The van der Waals surface area contributed by atoms with E-state index in [2.05, 4.69) is 28.0 Å². The van der Waals surface area contributed by atoms with Crippen LogP contribution in [0.3, 0.4) is 0 Å². The molecule has 1 fully saturated rings. The molecule has 0 aliphatic carbocycles. The van der Waals surface area contributed by atoms with Gasteiger partial charge in [0, 0.05) is 50.2 Å². The molecule has 6 nitrogen and oxygen atoms in total. The lowest BCUT2D eigenvalue weighted by molar-refractivity contribution is 0.282. The van der Waals surface area contributed by atoms with Crippen molar-refractivity contribution in [1.29, 1.82) is 0 Å². The second-order valence-corrected chi connectivity index (χ2v) is 7.65. The number of anilines is 1. The van der Waals surface area contributed by atoms with E-state index in [0.717, 1.165) is 55.1 Å². The van der Waals surface area contributed by atoms with Crippen molar-refractivity contribution in [1.82, 2.24) is 4.90 Å². The molecule has 1 saturated heterocycles. The highest BCUT2D eigenvalue weighted by Gasteiger charge is 2.18. The average Bonchev–Trinajstić information content (AvgIpc) is 2.79. The summed E-state index contributed by atoms with van der Waals surface area (Å²) in [6.07, 6.45) is 4.17. The van der Waals surface area contributed by atoms with Gasteiger partial charge in [-0.3, -0.25) is 4.90 Å². The summed E-state index contributed by atoms with van der Waals surface area (Å²) in [4.78, 5) is 16.4. The topological polar surface area (TPSA) is 55.2 Å². The van der Waals surface area contributed by atoms with Crippen molar-refractivity contribution in [3.63, 3.8) is 0 Å². The van der Waals surface area contributed by atoms with Gasteiger partial charge in [-0.25, -0.2) is 4.79 Å². The first-order chi connectivity index (χ1) is 15.1. The Labute approximate surface area is 182 Å². The van der Waals surface area contributed by atoms with Crippen LogP contribution < -0.4 is 20.0 Å². The van der Waals surface area contributed by atoms with Crippen LogP contribution in [-0.4, -0.2) is 51.3 Å². The van der Waals surface area contributed by atoms with E-state index >= 15 is 0 Å². The molecule has 2 aromatic carbocycles. The van der Waals surface area contributed by atoms with Gasteiger partial charge in [0.05, 0.1) is 12.8 Å². The van der Waals surface area contributed by atoms with Crippen molar-refractivity contribution >= 4 is 16.7 Å². The number of methoxy groups -OCH3 is 1. The lowest BCUT2D eigenvalue weighted by atomic mass is 10.1. The number of aryl methyl sites for hydroxylation is 1. The Hall–Kier alpha value is -3.25. The Morgan fingerprint density at radius 3 is 2.65 bits per heavy atom. The molecule has 0 spiro atoms. The van der Waals surface area contributed by atoms with Crippen molar-refractivity contribution in [3.05, 3.63) is 76.7 Å². The van der Waals surface area contributed by atoms with Crippen LogP contribution in [0, 0.1) is 6.92 Å². The highest BCUT2D eigenvalue weighted by Crippen LogP contribution is 2.28. The minimum Gasteiger partial charge on any atom is -0.495 e. The van der Waals surface area contributed by atoms with Crippen LogP contribution in [0.15, 0.2) is 69.9 Å². The Kier molecular flexibility index (Phi) is 6.57. The maximum absolute atomic E-state index is 11.6. The predicted molar refractivity (Wildman–Crippen MR) is 124 cm³/mol. The summed E-state index contributed by atoms with van der Waals surface area (Å²) in [5.74, 6) is 1.62. The van der Waals surface area contributed by atoms with Gasteiger partial charge in [-0.05, 0) is 36.8 Å². The smallest absolute Gasteiger partial charge is 0.336 e. The third-order valence-electron chi connectivity index (χ3n) is 5.60.